The van der Waals surface area contributed by atoms with Crippen LogP contribution in [-0.2, 0) is 0 Å². The van der Waals surface area contributed by atoms with Crippen LogP contribution in [0.5, 0.6) is 0 Å². The van der Waals surface area contributed by atoms with Gasteiger partial charge >= 0.3 is 0 Å². The Morgan fingerprint density at radius 1 is 1.75 bits per heavy atom. The van der Waals surface area contributed by atoms with Crippen LogP contribution < -0.4 is 0 Å². The van der Waals surface area contributed by atoms with E-state index in [1.165, 1.54) is 17.3 Å². The van der Waals surface area contributed by atoms with E-state index in [4.69, 9.17) is 0 Å². The molecule has 24 valence electrons. The maximum absolute atomic E-state index is 2.22. The summed E-state index contributed by atoms with van der Waals surface area (Å²) in [6.45, 7) is 4.44. The van der Waals surface area contributed by atoms with Crippen LogP contribution in [0, 0.1) is 0 Å². The van der Waals surface area contributed by atoms with Crippen LogP contribution >= 0.6 is 8.13 Å². The predicted octanol–water partition coefficient (Wildman–Crippen LogP) is 0.962. The second-order valence-corrected chi connectivity index (χ2v) is 4.50. The molecule has 0 aromatic carbocycles. The quantitative estimate of drug-likeness (QED) is 0.332. The lowest BCUT2D eigenvalue weighted by Crippen LogP contribution is -1.55. The van der Waals surface area contributed by atoms with E-state index in [2.05, 4.69) is 13.2 Å². The molecule has 0 heterocycles. The highest BCUT2D eigenvalue weighted by atomic mass is 31.3. The maximum Gasteiger partial charge on any atom is 0.0670 e. The van der Waals surface area contributed by atoms with Gasteiger partial charge < -0.3 is 0 Å². The minimum atomic E-state index is 1.17. The molecule has 1 atom stereocenters. The summed E-state index contributed by atoms with van der Waals surface area (Å²) >= 11 is 0. The molecule has 0 aliphatic carbocycles. The fraction of sp³-hybridized carbons (Fsp3) is 1.00. The average Bonchev–Trinajstić information content (AvgIpc) is 1.37. The lowest BCUT2D eigenvalue weighted by atomic mass is 11.9. The molecule has 1 unspecified atom stereocenters. The van der Waals surface area contributed by atoms with E-state index >= 15 is 0 Å². The third-order valence-corrected chi connectivity index (χ3v) is 2.25. The molecule has 2 heteroatoms. The van der Waals surface area contributed by atoms with E-state index in [-0.39, 0.29) is 0 Å². The third-order valence-electron chi connectivity index (χ3n) is 0.250. The molecule has 0 rings (SSSR count). The van der Waals surface area contributed by atoms with Crippen LogP contribution in [-0.4, -0.2) is 15.9 Å². The molecule has 0 aromatic heterocycles. The van der Waals surface area contributed by atoms with Crippen molar-refractivity contribution in [2.45, 2.75) is 6.55 Å². The number of rotatable bonds is 1. The summed E-state index contributed by atoms with van der Waals surface area (Å²) in [5, 5.41) is 0. The van der Waals surface area contributed by atoms with Gasteiger partial charge in [-0.05, 0) is 0 Å². The van der Waals surface area contributed by atoms with Gasteiger partial charge in [-0.3, -0.25) is 0 Å². The lowest BCUT2D eigenvalue weighted by Gasteiger charge is -1.66. The Labute approximate surface area is 31.4 Å². The van der Waals surface area contributed by atoms with Crippen molar-refractivity contribution in [3.05, 3.63) is 0 Å². The topological polar surface area (TPSA) is 0 Å². The van der Waals surface area contributed by atoms with Crippen LogP contribution in [0.2, 0.25) is 6.55 Å². The first-order valence-electron chi connectivity index (χ1n) is 1.25. The van der Waals surface area contributed by atoms with Gasteiger partial charge in [0, 0.05) is 0 Å². The Morgan fingerprint density at radius 3 is 2.00 bits per heavy atom. The van der Waals surface area contributed by atoms with Gasteiger partial charge in [0.1, 0.15) is 0 Å². The Morgan fingerprint density at radius 2 is 2.00 bits per heavy atom. The second-order valence-electron chi connectivity index (χ2n) is 0.500. The molecule has 0 fully saturated rings. The minimum absolute atomic E-state index is 1.17. The van der Waals surface area contributed by atoms with Gasteiger partial charge in [-0.25, -0.2) is 0 Å². The SMILES string of the molecule is C[Si]PC. The maximum atomic E-state index is 2.22. The molecule has 0 nitrogen and oxygen atoms in total. The molecule has 0 N–H and O–H groups in total. The highest BCUT2D eigenvalue weighted by molar-refractivity contribution is 7.70. The van der Waals surface area contributed by atoms with Crippen molar-refractivity contribution in [3.63, 3.8) is 0 Å². The summed E-state index contributed by atoms with van der Waals surface area (Å²) in [4.78, 5) is 0. The number of hydrogen-bond donors (Lipinski definition) is 0. The molecule has 0 aromatic rings. The summed E-state index contributed by atoms with van der Waals surface area (Å²) < 4.78 is 0. The smallest absolute Gasteiger partial charge is 0.0670 e. The Balaban J connectivity index is 1.97. The summed E-state index contributed by atoms with van der Waals surface area (Å²) in [6.07, 6.45) is 0. The lowest BCUT2D eigenvalue weighted by molar-refractivity contribution is 2.35. The van der Waals surface area contributed by atoms with Gasteiger partial charge in [-0.1, -0.05) is 13.2 Å². The van der Waals surface area contributed by atoms with Crippen LogP contribution in [0.4, 0.5) is 0 Å². The van der Waals surface area contributed by atoms with Crippen molar-refractivity contribution >= 4 is 17.3 Å². The zero-order valence-corrected chi connectivity index (χ0v) is 5.00. The zero-order valence-electron chi connectivity index (χ0n) is 3.00. The van der Waals surface area contributed by atoms with Crippen LogP contribution in [0.25, 0.3) is 0 Å². The minimum Gasteiger partial charge on any atom is -0.141 e. The predicted molar refractivity (Wildman–Crippen MR) is 25.9 cm³/mol. The Hall–Kier alpha value is 0.647. The van der Waals surface area contributed by atoms with Crippen molar-refractivity contribution in [2.24, 2.45) is 0 Å². The van der Waals surface area contributed by atoms with Crippen LogP contribution in [0.3, 0.4) is 0 Å². The highest BCUT2D eigenvalue weighted by Crippen LogP contribution is 1.92. The van der Waals surface area contributed by atoms with Crippen molar-refractivity contribution in [1.82, 2.24) is 0 Å². The molecular weight excluding hydrogens is 83.1 g/mol. The van der Waals surface area contributed by atoms with Gasteiger partial charge in [0.15, 0.2) is 0 Å². The van der Waals surface area contributed by atoms with Gasteiger partial charge in [0.05, 0.1) is 9.19 Å². The first-order valence-corrected chi connectivity index (χ1v) is 5.25. The highest BCUT2D eigenvalue weighted by Gasteiger charge is 1.58. The van der Waals surface area contributed by atoms with Crippen LogP contribution in [0.15, 0.2) is 0 Å². The van der Waals surface area contributed by atoms with Crippen molar-refractivity contribution in [3.8, 4) is 0 Å². The van der Waals surface area contributed by atoms with Gasteiger partial charge in [0.2, 0.25) is 0 Å². The van der Waals surface area contributed by atoms with E-state index in [1.54, 1.807) is 0 Å². The van der Waals surface area contributed by atoms with E-state index in [0.29, 0.717) is 0 Å². The Bertz CT molecular complexity index is 8.00. The fourth-order valence-corrected chi connectivity index (χ4v) is 0. The fourth-order valence-electron chi connectivity index (χ4n) is 0. The van der Waals surface area contributed by atoms with E-state index in [9.17, 15) is 0 Å². The van der Waals surface area contributed by atoms with E-state index in [1.807, 2.05) is 0 Å². The average molecular weight is 90.1 g/mol. The number of hydrogen-bond acceptors (Lipinski definition) is 0. The molecule has 2 radical (unpaired) electrons. The van der Waals surface area contributed by atoms with E-state index in [0.717, 1.165) is 0 Å². The monoisotopic (exact) mass is 90.0 g/mol. The molecule has 0 saturated heterocycles. The molecular formula is C2H7PSi. The standard InChI is InChI=1S/C2H7PSi/c1-3-4-2/h3H,1-2H3. The third kappa shape index (κ3) is 2.65. The normalized spacial score (nSPS) is 10.5. The molecule has 0 saturated carbocycles. The first-order chi connectivity index (χ1) is 1.91. The van der Waals surface area contributed by atoms with Gasteiger partial charge in [0.25, 0.3) is 0 Å². The molecule has 0 aliphatic rings. The summed E-state index contributed by atoms with van der Waals surface area (Å²) in [5.74, 6) is 0. The second kappa shape index (κ2) is 3.65. The largest absolute Gasteiger partial charge is 0.141 e. The van der Waals surface area contributed by atoms with E-state index < -0.39 is 0 Å². The van der Waals surface area contributed by atoms with Crippen molar-refractivity contribution in [1.29, 1.82) is 0 Å². The molecule has 0 aliphatic heterocycles. The van der Waals surface area contributed by atoms with Crippen LogP contribution in [0.1, 0.15) is 0 Å². The zero-order chi connectivity index (χ0) is 3.41. The van der Waals surface area contributed by atoms with Gasteiger partial charge in [-0.15, -0.1) is 8.13 Å². The molecule has 4 heavy (non-hydrogen) atoms. The first kappa shape index (κ1) is 4.65. The van der Waals surface area contributed by atoms with Gasteiger partial charge in [-0.2, -0.15) is 0 Å². The Kier molecular flexibility index (Phi) is 4.24. The molecule has 0 amide bonds. The summed E-state index contributed by atoms with van der Waals surface area (Å²) in [7, 11) is 2.34. The molecule has 0 spiro atoms. The van der Waals surface area contributed by atoms with Crippen molar-refractivity contribution in [2.75, 3.05) is 6.66 Å². The van der Waals surface area contributed by atoms with Crippen molar-refractivity contribution < 1.29 is 0 Å². The summed E-state index contributed by atoms with van der Waals surface area (Å²) in [5.41, 5.74) is 0. The molecule has 0 bridgehead atoms. The summed E-state index contributed by atoms with van der Waals surface area (Å²) in [6, 6.07) is 0.